The normalized spacial score (nSPS) is 15.2. The molecule has 2 heterocycles. The van der Waals surface area contributed by atoms with Crippen molar-refractivity contribution in [1.29, 1.82) is 0 Å². The zero-order valence-corrected chi connectivity index (χ0v) is 16.1. The van der Waals surface area contributed by atoms with E-state index in [-0.39, 0.29) is 30.0 Å². The summed E-state index contributed by atoms with van der Waals surface area (Å²) in [5.74, 6) is -0.547. The zero-order chi connectivity index (χ0) is 18.7. The summed E-state index contributed by atoms with van der Waals surface area (Å²) in [5.41, 5.74) is 1.26. The predicted molar refractivity (Wildman–Crippen MR) is 101 cm³/mol. The first-order valence-corrected chi connectivity index (χ1v) is 8.49. The average molecular weight is 396 g/mol. The van der Waals surface area contributed by atoms with Gasteiger partial charge in [0.15, 0.2) is 0 Å². The SMILES string of the molecule is CNC(C(=O)N1CCN(C(=O)c2ccc(F)cc2)CC1)c1cnn(C)c1.Cl. The lowest BCUT2D eigenvalue weighted by atomic mass is 10.1. The van der Waals surface area contributed by atoms with Gasteiger partial charge in [-0.1, -0.05) is 0 Å². The fourth-order valence-electron chi connectivity index (χ4n) is 3.11. The van der Waals surface area contributed by atoms with Gasteiger partial charge in [-0.05, 0) is 31.3 Å². The molecule has 1 N–H and O–H groups in total. The summed E-state index contributed by atoms with van der Waals surface area (Å²) in [6.45, 7) is 1.82. The molecule has 7 nitrogen and oxygen atoms in total. The number of carbonyl (C=O) groups is 2. The maximum atomic E-state index is 13.0. The quantitative estimate of drug-likeness (QED) is 0.845. The number of nitrogens with zero attached hydrogens (tertiary/aromatic N) is 4. The molecule has 0 bridgehead atoms. The summed E-state index contributed by atoms with van der Waals surface area (Å²) in [6.07, 6.45) is 3.49. The van der Waals surface area contributed by atoms with Crippen LogP contribution in [0, 0.1) is 5.82 Å². The molecule has 1 aliphatic rings. The Morgan fingerprint density at radius 2 is 1.70 bits per heavy atom. The molecule has 0 aliphatic carbocycles. The van der Waals surface area contributed by atoms with E-state index in [2.05, 4.69) is 10.4 Å². The molecule has 0 spiro atoms. The van der Waals surface area contributed by atoms with Gasteiger partial charge in [0, 0.05) is 50.6 Å². The summed E-state index contributed by atoms with van der Waals surface area (Å²) in [6, 6.07) is 5.06. The molecule has 9 heteroatoms. The van der Waals surface area contributed by atoms with Gasteiger partial charge in [-0.15, -0.1) is 12.4 Å². The summed E-state index contributed by atoms with van der Waals surface area (Å²) < 4.78 is 14.7. The van der Waals surface area contributed by atoms with E-state index in [0.29, 0.717) is 31.7 Å². The largest absolute Gasteiger partial charge is 0.337 e. The fourth-order valence-corrected chi connectivity index (χ4v) is 3.11. The van der Waals surface area contributed by atoms with E-state index in [1.165, 1.54) is 24.3 Å². The molecule has 0 saturated carbocycles. The number of halogens is 2. The zero-order valence-electron chi connectivity index (χ0n) is 15.3. The molecule has 1 aromatic heterocycles. The average Bonchev–Trinajstić information content (AvgIpc) is 3.08. The fraction of sp³-hybridized carbons (Fsp3) is 0.389. The Bertz CT molecular complexity index is 787. The van der Waals surface area contributed by atoms with Crippen LogP contribution in [0.25, 0.3) is 0 Å². The Morgan fingerprint density at radius 1 is 1.11 bits per heavy atom. The predicted octanol–water partition coefficient (Wildman–Crippen LogP) is 1.23. The van der Waals surface area contributed by atoms with Gasteiger partial charge in [0.05, 0.1) is 6.20 Å². The van der Waals surface area contributed by atoms with Gasteiger partial charge in [-0.25, -0.2) is 4.39 Å². The summed E-state index contributed by atoms with van der Waals surface area (Å²) in [5, 5.41) is 7.15. The number of likely N-dealkylation sites (N-methyl/N-ethyl adjacent to an activating group) is 1. The number of carbonyl (C=O) groups excluding carboxylic acids is 2. The van der Waals surface area contributed by atoms with Crippen LogP contribution in [0.1, 0.15) is 22.0 Å². The Hall–Kier alpha value is -2.45. The molecule has 1 atom stereocenters. The lowest BCUT2D eigenvalue weighted by Crippen LogP contribution is -2.52. The molecular weight excluding hydrogens is 373 g/mol. The van der Waals surface area contributed by atoms with Crippen LogP contribution in [0.4, 0.5) is 4.39 Å². The van der Waals surface area contributed by atoms with Crippen LogP contribution in [-0.2, 0) is 11.8 Å². The molecule has 27 heavy (non-hydrogen) atoms. The molecule has 1 aliphatic heterocycles. The molecule has 1 unspecified atom stereocenters. The highest BCUT2D eigenvalue weighted by Gasteiger charge is 2.30. The van der Waals surface area contributed by atoms with Crippen molar-refractivity contribution in [2.24, 2.45) is 7.05 Å². The number of hydrogen-bond acceptors (Lipinski definition) is 4. The number of hydrogen-bond donors (Lipinski definition) is 1. The third kappa shape index (κ3) is 4.64. The smallest absolute Gasteiger partial charge is 0.253 e. The van der Waals surface area contributed by atoms with Crippen molar-refractivity contribution in [3.05, 3.63) is 53.6 Å². The Balaban J connectivity index is 0.00000261. The van der Waals surface area contributed by atoms with Crippen molar-refractivity contribution in [3.8, 4) is 0 Å². The first kappa shape index (κ1) is 20.9. The number of aromatic nitrogens is 2. The first-order chi connectivity index (χ1) is 12.5. The van der Waals surface area contributed by atoms with Gasteiger partial charge >= 0.3 is 0 Å². The molecule has 1 fully saturated rings. The summed E-state index contributed by atoms with van der Waals surface area (Å²) in [7, 11) is 3.55. The summed E-state index contributed by atoms with van der Waals surface area (Å²) >= 11 is 0. The van der Waals surface area contributed by atoms with Gasteiger partial charge < -0.3 is 15.1 Å². The molecule has 0 radical (unpaired) electrons. The third-order valence-electron chi connectivity index (χ3n) is 4.56. The first-order valence-electron chi connectivity index (χ1n) is 8.49. The molecule has 3 rings (SSSR count). The van der Waals surface area contributed by atoms with Crippen LogP contribution in [0.15, 0.2) is 36.7 Å². The van der Waals surface area contributed by atoms with Crippen LogP contribution in [0.3, 0.4) is 0 Å². The standard InChI is InChI=1S/C18H22FN5O2.ClH/c1-20-16(14-11-21-22(2)12-14)18(26)24-9-7-23(8-10-24)17(25)13-3-5-15(19)6-4-13;/h3-6,11-12,16,20H,7-10H2,1-2H3;1H. The second-order valence-electron chi connectivity index (χ2n) is 6.29. The number of benzene rings is 1. The number of aryl methyl sites for hydroxylation is 1. The highest BCUT2D eigenvalue weighted by Crippen LogP contribution is 2.17. The highest BCUT2D eigenvalue weighted by molar-refractivity contribution is 5.94. The molecular formula is C18H23ClFN5O2. The Kier molecular flexibility index (Phi) is 6.92. The van der Waals surface area contributed by atoms with Crippen molar-refractivity contribution in [1.82, 2.24) is 24.9 Å². The van der Waals surface area contributed by atoms with Gasteiger partial charge in [-0.2, -0.15) is 5.10 Å². The highest BCUT2D eigenvalue weighted by atomic mass is 35.5. The minimum absolute atomic E-state index is 0. The van der Waals surface area contributed by atoms with E-state index < -0.39 is 6.04 Å². The minimum Gasteiger partial charge on any atom is -0.337 e. The maximum Gasteiger partial charge on any atom is 0.253 e. The van der Waals surface area contributed by atoms with Crippen LogP contribution in [0.5, 0.6) is 0 Å². The number of amides is 2. The minimum atomic E-state index is -0.456. The van der Waals surface area contributed by atoms with E-state index in [0.717, 1.165) is 5.56 Å². The van der Waals surface area contributed by atoms with E-state index in [9.17, 15) is 14.0 Å². The number of rotatable bonds is 4. The van der Waals surface area contributed by atoms with Crippen LogP contribution < -0.4 is 5.32 Å². The van der Waals surface area contributed by atoms with Gasteiger partial charge in [0.1, 0.15) is 11.9 Å². The van der Waals surface area contributed by atoms with E-state index in [1.807, 2.05) is 6.20 Å². The topological polar surface area (TPSA) is 70.5 Å². The maximum absolute atomic E-state index is 13.0. The molecule has 146 valence electrons. The second-order valence-corrected chi connectivity index (χ2v) is 6.29. The van der Waals surface area contributed by atoms with Gasteiger partial charge in [0.2, 0.25) is 5.91 Å². The Morgan fingerprint density at radius 3 is 2.22 bits per heavy atom. The molecule has 1 saturated heterocycles. The van der Waals surface area contributed by atoms with Crippen molar-refractivity contribution in [3.63, 3.8) is 0 Å². The number of nitrogens with one attached hydrogen (secondary N) is 1. The van der Waals surface area contributed by atoms with Crippen LogP contribution in [-0.4, -0.2) is 64.6 Å². The lowest BCUT2D eigenvalue weighted by Gasteiger charge is -2.36. The molecule has 2 aromatic rings. The lowest BCUT2D eigenvalue weighted by molar-refractivity contribution is -0.135. The monoisotopic (exact) mass is 395 g/mol. The molecule has 1 aromatic carbocycles. The number of piperazine rings is 1. The van der Waals surface area contributed by atoms with E-state index in [1.54, 1.807) is 34.8 Å². The van der Waals surface area contributed by atoms with Crippen molar-refractivity contribution in [2.75, 3.05) is 33.2 Å². The van der Waals surface area contributed by atoms with Gasteiger partial charge in [0.25, 0.3) is 5.91 Å². The van der Waals surface area contributed by atoms with Crippen molar-refractivity contribution in [2.45, 2.75) is 6.04 Å². The van der Waals surface area contributed by atoms with Crippen LogP contribution >= 0.6 is 12.4 Å². The summed E-state index contributed by atoms with van der Waals surface area (Å²) in [4.78, 5) is 28.7. The molecule has 2 amide bonds. The van der Waals surface area contributed by atoms with E-state index >= 15 is 0 Å². The second kappa shape index (κ2) is 8.96. The van der Waals surface area contributed by atoms with Gasteiger partial charge in [-0.3, -0.25) is 14.3 Å². The van der Waals surface area contributed by atoms with Crippen LogP contribution in [0.2, 0.25) is 0 Å². The third-order valence-corrected chi connectivity index (χ3v) is 4.56. The van der Waals surface area contributed by atoms with Crippen molar-refractivity contribution < 1.29 is 14.0 Å². The van der Waals surface area contributed by atoms with E-state index in [4.69, 9.17) is 0 Å². The van der Waals surface area contributed by atoms with Crippen molar-refractivity contribution >= 4 is 24.2 Å². The Labute approximate surface area is 163 Å².